The van der Waals surface area contributed by atoms with Crippen molar-refractivity contribution in [3.63, 3.8) is 0 Å². The number of nitrogens with zero attached hydrogens (tertiary/aromatic N) is 1. The topological polar surface area (TPSA) is 49.4 Å². The summed E-state index contributed by atoms with van der Waals surface area (Å²) in [4.78, 5) is 2.43. The van der Waals surface area contributed by atoms with Crippen LogP contribution in [0.2, 0.25) is 0 Å². The first-order valence-electron chi connectivity index (χ1n) is 6.25. The van der Waals surface area contributed by atoms with Crippen molar-refractivity contribution < 1.29 is 8.42 Å². The Bertz CT molecular complexity index is 329. The molecule has 0 bridgehead atoms. The summed E-state index contributed by atoms with van der Waals surface area (Å²) in [5, 5.41) is 3.48. The van der Waals surface area contributed by atoms with E-state index in [1.54, 1.807) is 0 Å². The van der Waals surface area contributed by atoms with Gasteiger partial charge in [-0.1, -0.05) is 6.92 Å². The quantitative estimate of drug-likeness (QED) is 0.767. The molecule has 0 radical (unpaired) electrons. The summed E-state index contributed by atoms with van der Waals surface area (Å²) >= 11 is 0. The summed E-state index contributed by atoms with van der Waals surface area (Å²) in [5.41, 5.74) is 0. The molecule has 2 heterocycles. The van der Waals surface area contributed by atoms with Gasteiger partial charge in [0, 0.05) is 32.2 Å². The SMILES string of the molecule is CCC1CN(CC2CCS(=O)(=O)C2)CCN1. The molecule has 2 rings (SSSR count). The highest BCUT2D eigenvalue weighted by Gasteiger charge is 2.30. The lowest BCUT2D eigenvalue weighted by molar-refractivity contribution is 0.176. The molecule has 2 unspecified atom stereocenters. The van der Waals surface area contributed by atoms with Crippen LogP contribution in [0.1, 0.15) is 19.8 Å². The maximum absolute atomic E-state index is 11.4. The zero-order valence-corrected chi connectivity index (χ0v) is 10.8. The molecular weight excluding hydrogens is 224 g/mol. The van der Waals surface area contributed by atoms with Crippen molar-refractivity contribution in [3.8, 4) is 0 Å². The average molecular weight is 246 g/mol. The molecule has 2 saturated heterocycles. The van der Waals surface area contributed by atoms with E-state index in [0.29, 0.717) is 23.5 Å². The minimum Gasteiger partial charge on any atom is -0.311 e. The van der Waals surface area contributed by atoms with E-state index in [9.17, 15) is 8.42 Å². The molecule has 16 heavy (non-hydrogen) atoms. The van der Waals surface area contributed by atoms with Gasteiger partial charge >= 0.3 is 0 Å². The lowest BCUT2D eigenvalue weighted by Crippen LogP contribution is -2.51. The minimum atomic E-state index is -2.71. The fourth-order valence-electron chi connectivity index (χ4n) is 2.71. The number of hydrogen-bond donors (Lipinski definition) is 1. The molecule has 5 heteroatoms. The van der Waals surface area contributed by atoms with E-state index in [1.807, 2.05) is 0 Å². The maximum Gasteiger partial charge on any atom is 0.150 e. The third-order valence-corrected chi connectivity index (χ3v) is 5.51. The highest BCUT2D eigenvalue weighted by atomic mass is 32.2. The van der Waals surface area contributed by atoms with Gasteiger partial charge < -0.3 is 10.2 Å². The number of hydrogen-bond acceptors (Lipinski definition) is 4. The second-order valence-corrected chi connectivity index (χ2v) is 7.32. The molecular formula is C11H22N2O2S. The zero-order chi connectivity index (χ0) is 11.6. The first kappa shape index (κ1) is 12.3. The molecule has 0 spiro atoms. The molecule has 2 aliphatic heterocycles. The van der Waals surface area contributed by atoms with Crippen molar-refractivity contribution in [1.82, 2.24) is 10.2 Å². The van der Waals surface area contributed by atoms with Gasteiger partial charge in [0.05, 0.1) is 11.5 Å². The van der Waals surface area contributed by atoms with Crippen LogP contribution in [0.3, 0.4) is 0 Å². The monoisotopic (exact) mass is 246 g/mol. The second kappa shape index (κ2) is 5.02. The van der Waals surface area contributed by atoms with Crippen molar-refractivity contribution in [2.45, 2.75) is 25.8 Å². The summed E-state index contributed by atoms with van der Waals surface area (Å²) in [6, 6.07) is 0.590. The average Bonchev–Trinajstić information content (AvgIpc) is 2.58. The van der Waals surface area contributed by atoms with E-state index in [1.165, 1.54) is 0 Å². The first-order chi connectivity index (χ1) is 7.59. The highest BCUT2D eigenvalue weighted by Crippen LogP contribution is 2.20. The van der Waals surface area contributed by atoms with Crippen LogP contribution < -0.4 is 5.32 Å². The summed E-state index contributed by atoms with van der Waals surface area (Å²) < 4.78 is 22.7. The number of sulfone groups is 1. The molecule has 94 valence electrons. The Balaban J connectivity index is 1.81. The van der Waals surface area contributed by atoms with Crippen LogP contribution in [0.4, 0.5) is 0 Å². The molecule has 2 atom stereocenters. The molecule has 0 aliphatic carbocycles. The maximum atomic E-state index is 11.4. The number of piperazine rings is 1. The van der Waals surface area contributed by atoms with Crippen molar-refractivity contribution >= 4 is 9.84 Å². The van der Waals surface area contributed by atoms with Gasteiger partial charge in [-0.25, -0.2) is 8.42 Å². The van der Waals surface area contributed by atoms with E-state index in [0.717, 1.165) is 39.0 Å². The van der Waals surface area contributed by atoms with Crippen LogP contribution in [-0.2, 0) is 9.84 Å². The van der Waals surface area contributed by atoms with Gasteiger partial charge in [0.1, 0.15) is 0 Å². The third kappa shape index (κ3) is 3.18. The van der Waals surface area contributed by atoms with Gasteiger partial charge in [-0.3, -0.25) is 0 Å². The highest BCUT2D eigenvalue weighted by molar-refractivity contribution is 7.91. The standard InChI is InChI=1S/C11H22N2O2S/c1-2-11-8-13(5-4-12-11)7-10-3-6-16(14,15)9-10/h10-12H,2-9H2,1H3. The predicted octanol–water partition coefficient (Wildman–Crippen LogP) is 0.105. The molecule has 0 aromatic rings. The molecule has 0 aromatic carbocycles. The lowest BCUT2D eigenvalue weighted by atomic mass is 10.1. The van der Waals surface area contributed by atoms with Crippen LogP contribution in [0.25, 0.3) is 0 Å². The van der Waals surface area contributed by atoms with E-state index < -0.39 is 9.84 Å². The molecule has 2 fully saturated rings. The van der Waals surface area contributed by atoms with Gasteiger partial charge in [0.2, 0.25) is 0 Å². The van der Waals surface area contributed by atoms with Crippen LogP contribution in [0.15, 0.2) is 0 Å². The Morgan fingerprint density at radius 3 is 2.88 bits per heavy atom. The lowest BCUT2D eigenvalue weighted by Gasteiger charge is -2.34. The van der Waals surface area contributed by atoms with E-state index >= 15 is 0 Å². The number of rotatable bonds is 3. The van der Waals surface area contributed by atoms with E-state index in [-0.39, 0.29) is 0 Å². The summed E-state index contributed by atoms with van der Waals surface area (Å²) in [6.07, 6.45) is 2.02. The van der Waals surface area contributed by atoms with Crippen LogP contribution in [-0.4, -0.2) is 57.0 Å². The van der Waals surface area contributed by atoms with E-state index in [2.05, 4.69) is 17.1 Å². The second-order valence-electron chi connectivity index (χ2n) is 5.09. The Morgan fingerprint density at radius 2 is 2.25 bits per heavy atom. The van der Waals surface area contributed by atoms with Gasteiger partial charge in [-0.05, 0) is 18.8 Å². The molecule has 2 aliphatic rings. The van der Waals surface area contributed by atoms with Gasteiger partial charge in [0.15, 0.2) is 9.84 Å². The van der Waals surface area contributed by atoms with Gasteiger partial charge in [-0.15, -0.1) is 0 Å². The van der Waals surface area contributed by atoms with Crippen molar-refractivity contribution in [3.05, 3.63) is 0 Å². The normalized spacial score (nSPS) is 35.3. The fourth-order valence-corrected chi connectivity index (χ4v) is 4.56. The predicted molar refractivity (Wildman–Crippen MR) is 65.3 cm³/mol. The fraction of sp³-hybridized carbons (Fsp3) is 1.00. The van der Waals surface area contributed by atoms with Gasteiger partial charge in [0.25, 0.3) is 0 Å². The summed E-state index contributed by atoms with van der Waals surface area (Å²) in [5.74, 6) is 1.19. The summed E-state index contributed by atoms with van der Waals surface area (Å²) in [6.45, 7) is 6.34. The van der Waals surface area contributed by atoms with Crippen LogP contribution in [0.5, 0.6) is 0 Å². The first-order valence-corrected chi connectivity index (χ1v) is 8.07. The Hall–Kier alpha value is -0.130. The van der Waals surface area contributed by atoms with Crippen molar-refractivity contribution in [1.29, 1.82) is 0 Å². The van der Waals surface area contributed by atoms with Crippen molar-refractivity contribution in [2.24, 2.45) is 5.92 Å². The molecule has 0 saturated carbocycles. The van der Waals surface area contributed by atoms with Gasteiger partial charge in [-0.2, -0.15) is 0 Å². The Kier molecular flexibility index (Phi) is 3.87. The smallest absolute Gasteiger partial charge is 0.150 e. The van der Waals surface area contributed by atoms with E-state index in [4.69, 9.17) is 0 Å². The van der Waals surface area contributed by atoms with Crippen molar-refractivity contribution in [2.75, 3.05) is 37.7 Å². The largest absolute Gasteiger partial charge is 0.311 e. The number of nitrogens with one attached hydrogen (secondary N) is 1. The molecule has 0 aromatic heterocycles. The zero-order valence-electron chi connectivity index (χ0n) is 9.98. The minimum absolute atomic E-state index is 0.376. The Labute approximate surface area is 98.3 Å². The summed E-state index contributed by atoms with van der Waals surface area (Å²) in [7, 11) is -2.71. The van der Waals surface area contributed by atoms with Crippen LogP contribution >= 0.6 is 0 Å². The van der Waals surface area contributed by atoms with Crippen LogP contribution in [0, 0.1) is 5.92 Å². The third-order valence-electron chi connectivity index (χ3n) is 3.68. The molecule has 1 N–H and O–H groups in total. The Morgan fingerprint density at radius 1 is 1.44 bits per heavy atom. The molecule has 4 nitrogen and oxygen atoms in total. The molecule has 0 amide bonds.